The standard InChI is InChI=1S/C41H57N7O6.C15H13F2N3/c49-30-31-9-12-35(29-37(31)43-33-17-27-54-28-18-33)46-21-25-48(26-22-46)40(52)8-6-4-2-1-3-5-7-39(51)47-23-19-45(20-24-47)34-13-10-32(11-14-34)42-36-15-16-38(50)44-41(36)53;1-18-15-13-7-9(2-3-14(13)19-20-15)4-10-5-11(16)8-12(17)6-10/h9-14,29-30,33,36,42-43H,1-8,15-28H2,(H,44,50,53);2-3,5-8H,4H2,1H3,(H2,18,19,20). The zero-order valence-electron chi connectivity index (χ0n) is 42.4. The molecule has 4 aliphatic heterocycles. The number of rotatable bonds is 19. The van der Waals surface area contributed by atoms with Crippen LogP contribution in [0, 0.1) is 11.6 Å². The Labute approximate surface area is 431 Å². The van der Waals surface area contributed by atoms with Gasteiger partial charge < -0.3 is 40.3 Å². The maximum Gasteiger partial charge on any atom is 0.249 e. The van der Waals surface area contributed by atoms with Gasteiger partial charge in [0.2, 0.25) is 23.6 Å². The highest BCUT2D eigenvalue weighted by Crippen LogP contribution is 2.28. The molecule has 4 saturated heterocycles. The summed E-state index contributed by atoms with van der Waals surface area (Å²) in [6.45, 7) is 7.43. The third-order valence-electron chi connectivity index (χ3n) is 14.4. The minimum absolute atomic E-state index is 0.222. The van der Waals surface area contributed by atoms with Crippen LogP contribution in [0.3, 0.4) is 0 Å². The number of carbonyl (C=O) groups is 5. The van der Waals surface area contributed by atoms with Crippen LogP contribution in [0.15, 0.2) is 78.9 Å². The van der Waals surface area contributed by atoms with E-state index in [4.69, 9.17) is 4.74 Å². The number of H-pyrrole nitrogens is 1. The molecule has 0 aliphatic carbocycles. The Hall–Kier alpha value is -7.08. The maximum atomic E-state index is 13.2. The number of halogens is 2. The lowest BCUT2D eigenvalue weighted by Crippen LogP contribution is -2.48. The molecule has 1 unspecified atom stereocenters. The van der Waals surface area contributed by atoms with Crippen molar-refractivity contribution >= 4 is 69.4 Å². The van der Waals surface area contributed by atoms with E-state index in [-0.39, 0.29) is 23.6 Å². The first-order chi connectivity index (χ1) is 36.0. The van der Waals surface area contributed by atoms with E-state index in [1.54, 1.807) is 7.05 Å². The van der Waals surface area contributed by atoms with Gasteiger partial charge in [-0.15, -0.1) is 0 Å². The first kappa shape index (κ1) is 53.2. The number of aromatic nitrogens is 2. The Morgan fingerprint density at radius 1 is 0.703 bits per heavy atom. The van der Waals surface area contributed by atoms with Gasteiger partial charge in [0.25, 0.3) is 0 Å². The number of unbranched alkanes of at least 4 members (excludes halogenated alkanes) is 5. The van der Waals surface area contributed by atoms with Gasteiger partial charge in [-0.3, -0.25) is 34.4 Å². The fourth-order valence-electron chi connectivity index (χ4n) is 10.1. The summed E-state index contributed by atoms with van der Waals surface area (Å²) < 4.78 is 31.8. The Bertz CT molecular complexity index is 2680. The summed E-state index contributed by atoms with van der Waals surface area (Å²) in [5, 5.41) is 20.1. The fourth-order valence-corrected chi connectivity index (χ4v) is 10.1. The number of hydrogen-bond acceptors (Lipinski definition) is 12. The van der Waals surface area contributed by atoms with Crippen LogP contribution in [0.1, 0.15) is 98.5 Å². The summed E-state index contributed by atoms with van der Waals surface area (Å²) in [4.78, 5) is 69.5. The Morgan fingerprint density at radius 2 is 1.31 bits per heavy atom. The molecule has 5 heterocycles. The number of fused-ring (bicyclic) bond motifs is 1. The SMILES string of the molecule is CNc1n[nH]c2ccc(Cc3cc(F)cc(F)c3)cc12.O=Cc1ccc(N2CCN(C(=O)CCCCCCCCC(=O)N3CCN(c4ccc(NC5CCC(=O)NC5=O)cc4)CC3)CC2)cc1NC1CCOCC1. The van der Waals surface area contributed by atoms with Crippen molar-refractivity contribution in [3.8, 4) is 0 Å². The first-order valence-electron chi connectivity index (χ1n) is 26.3. The van der Waals surface area contributed by atoms with E-state index in [0.29, 0.717) is 75.5 Å². The van der Waals surface area contributed by atoms with Crippen LogP contribution in [0.4, 0.5) is 37.3 Å². The number of anilines is 5. The lowest BCUT2D eigenvalue weighted by molar-refractivity contribution is -0.134. The number of piperazine rings is 2. The monoisotopic (exact) mass is 1020 g/mol. The second-order valence-corrected chi connectivity index (χ2v) is 19.6. The van der Waals surface area contributed by atoms with Gasteiger partial charge in [-0.2, -0.15) is 5.10 Å². The van der Waals surface area contributed by atoms with Crippen LogP contribution in [0.5, 0.6) is 0 Å². The van der Waals surface area contributed by atoms with Crippen LogP contribution < -0.4 is 31.1 Å². The molecule has 0 radical (unpaired) electrons. The highest BCUT2D eigenvalue weighted by molar-refractivity contribution is 6.01. The summed E-state index contributed by atoms with van der Waals surface area (Å²) in [7, 11) is 1.80. The smallest absolute Gasteiger partial charge is 0.249 e. The number of benzene rings is 4. The zero-order valence-corrected chi connectivity index (χ0v) is 42.4. The normalized spacial score (nSPS) is 17.4. The number of ether oxygens (including phenoxy) is 1. The molecule has 5 aromatic rings. The molecule has 0 spiro atoms. The van der Waals surface area contributed by atoms with E-state index in [1.807, 2.05) is 64.4 Å². The van der Waals surface area contributed by atoms with E-state index in [9.17, 15) is 32.8 Å². The molecule has 1 atom stereocenters. The van der Waals surface area contributed by atoms with Crippen LogP contribution in [0.25, 0.3) is 10.9 Å². The average molecular weight is 1020 g/mol. The Morgan fingerprint density at radius 3 is 1.92 bits per heavy atom. The summed E-state index contributed by atoms with van der Waals surface area (Å²) in [5.74, 6) is -0.392. The molecule has 5 N–H and O–H groups in total. The molecule has 394 valence electrons. The first-order valence-corrected chi connectivity index (χ1v) is 26.3. The molecule has 18 heteroatoms. The van der Waals surface area contributed by atoms with Crippen molar-refractivity contribution in [1.82, 2.24) is 25.3 Å². The van der Waals surface area contributed by atoms with E-state index >= 15 is 0 Å². The van der Waals surface area contributed by atoms with E-state index in [1.165, 1.54) is 12.1 Å². The summed E-state index contributed by atoms with van der Waals surface area (Å²) in [5.41, 5.74) is 7.05. The fraction of sp³-hybridized carbons (Fsp3) is 0.464. The van der Waals surface area contributed by atoms with Gasteiger partial charge in [-0.05, 0) is 116 Å². The molecule has 4 fully saturated rings. The molecule has 4 aromatic carbocycles. The summed E-state index contributed by atoms with van der Waals surface area (Å²) >= 11 is 0. The third kappa shape index (κ3) is 14.8. The topological polar surface area (TPSA) is 184 Å². The molecular formula is C56H70F2N10O6. The van der Waals surface area contributed by atoms with Crippen molar-refractivity contribution in [3.05, 3.63) is 107 Å². The van der Waals surface area contributed by atoms with Crippen LogP contribution in [0.2, 0.25) is 0 Å². The second-order valence-electron chi connectivity index (χ2n) is 19.6. The molecule has 74 heavy (non-hydrogen) atoms. The van der Waals surface area contributed by atoms with Crippen LogP contribution >= 0.6 is 0 Å². The van der Waals surface area contributed by atoms with Gasteiger partial charge >= 0.3 is 0 Å². The highest BCUT2D eigenvalue weighted by atomic mass is 19.1. The zero-order chi connectivity index (χ0) is 51.8. The number of hydrogen-bond donors (Lipinski definition) is 5. The Balaban J connectivity index is 0.000000302. The molecule has 4 aliphatic rings. The summed E-state index contributed by atoms with van der Waals surface area (Å²) in [6, 6.07) is 23.2. The summed E-state index contributed by atoms with van der Waals surface area (Å²) in [6.07, 6.45) is 11.3. The van der Waals surface area contributed by atoms with Gasteiger partial charge in [0.1, 0.15) is 17.7 Å². The number of nitrogens with zero attached hydrogens (tertiary/aromatic N) is 5. The van der Waals surface area contributed by atoms with E-state index in [2.05, 4.69) is 47.3 Å². The molecule has 1 aromatic heterocycles. The minimum Gasteiger partial charge on any atom is -0.381 e. The number of aromatic amines is 1. The number of imide groups is 1. The number of piperidine rings is 1. The molecular weight excluding hydrogens is 947 g/mol. The van der Waals surface area contributed by atoms with Crippen molar-refractivity contribution in [2.75, 3.05) is 98.4 Å². The lowest BCUT2D eigenvalue weighted by Gasteiger charge is -2.36. The number of amides is 4. The van der Waals surface area contributed by atoms with E-state index < -0.39 is 17.7 Å². The maximum absolute atomic E-state index is 13.2. The van der Waals surface area contributed by atoms with Crippen LogP contribution in [-0.4, -0.2) is 135 Å². The predicted octanol–water partition coefficient (Wildman–Crippen LogP) is 7.90. The molecule has 4 amide bonds. The predicted molar refractivity (Wildman–Crippen MR) is 285 cm³/mol. The number of aldehydes is 1. The van der Waals surface area contributed by atoms with Crippen molar-refractivity contribution in [1.29, 1.82) is 0 Å². The van der Waals surface area contributed by atoms with Gasteiger partial charge in [0, 0.05) is 138 Å². The molecule has 0 bridgehead atoms. The van der Waals surface area contributed by atoms with Crippen molar-refractivity contribution in [2.24, 2.45) is 0 Å². The van der Waals surface area contributed by atoms with E-state index in [0.717, 1.165) is 148 Å². The van der Waals surface area contributed by atoms with Crippen molar-refractivity contribution in [2.45, 2.75) is 95.6 Å². The van der Waals surface area contributed by atoms with Crippen LogP contribution in [-0.2, 0) is 30.3 Å². The van der Waals surface area contributed by atoms with Gasteiger partial charge in [-0.1, -0.05) is 31.7 Å². The van der Waals surface area contributed by atoms with Crippen molar-refractivity contribution < 1.29 is 37.5 Å². The quantitative estimate of drug-likeness (QED) is 0.0307. The van der Waals surface area contributed by atoms with Gasteiger partial charge in [0.15, 0.2) is 12.1 Å². The lowest BCUT2D eigenvalue weighted by atomic mass is 10.0. The molecule has 0 saturated carbocycles. The second kappa shape index (κ2) is 26.2. The largest absolute Gasteiger partial charge is 0.381 e. The minimum atomic E-state index is -0.555. The third-order valence-corrected chi connectivity index (χ3v) is 14.4. The molecule has 9 rings (SSSR count). The highest BCUT2D eigenvalue weighted by Gasteiger charge is 2.27. The molecule has 16 nitrogen and oxygen atoms in total. The number of nitrogens with one attached hydrogen (secondary N) is 5. The van der Waals surface area contributed by atoms with Crippen molar-refractivity contribution in [3.63, 3.8) is 0 Å². The Kier molecular flexibility index (Phi) is 18.9. The average Bonchev–Trinajstić information content (AvgIpc) is 3.83. The van der Waals surface area contributed by atoms with Gasteiger partial charge in [-0.25, -0.2) is 8.78 Å². The number of carbonyl (C=O) groups excluding carboxylic acids is 5. The van der Waals surface area contributed by atoms with Gasteiger partial charge in [0.05, 0.1) is 5.52 Å².